The summed E-state index contributed by atoms with van der Waals surface area (Å²) in [5.41, 5.74) is 6.49. The van der Waals surface area contributed by atoms with Crippen LogP contribution in [0.25, 0.3) is 0 Å². The average Bonchev–Trinajstić information content (AvgIpc) is 2.68. The van der Waals surface area contributed by atoms with Gasteiger partial charge < -0.3 is 15.2 Å². The van der Waals surface area contributed by atoms with Crippen LogP contribution in [0.4, 0.5) is 0 Å². The van der Waals surface area contributed by atoms with Gasteiger partial charge in [-0.1, -0.05) is 6.42 Å². The summed E-state index contributed by atoms with van der Waals surface area (Å²) >= 11 is 0. The number of pyridine rings is 1. The zero-order chi connectivity index (χ0) is 18.9. The van der Waals surface area contributed by atoms with Gasteiger partial charge in [0.1, 0.15) is 11.3 Å². The first-order valence-electron chi connectivity index (χ1n) is 10.3. The Kier molecular flexibility index (Phi) is 6.97. The molecule has 2 N–H and O–H groups in total. The number of nitrogens with zero attached hydrogens (tertiary/aromatic N) is 2. The third-order valence-corrected chi connectivity index (χ3v) is 6.81. The molecule has 0 aromatic carbocycles. The van der Waals surface area contributed by atoms with Crippen LogP contribution in [0.15, 0.2) is 18.3 Å². The molecule has 28 heavy (non-hydrogen) atoms. The first kappa shape index (κ1) is 21.5. The van der Waals surface area contributed by atoms with Crippen molar-refractivity contribution in [1.82, 2.24) is 9.88 Å². The van der Waals surface area contributed by atoms with E-state index >= 15 is 0 Å². The Morgan fingerprint density at radius 3 is 2.64 bits per heavy atom. The van der Waals surface area contributed by atoms with Crippen LogP contribution in [-0.4, -0.2) is 55.2 Å². The van der Waals surface area contributed by atoms with Crippen molar-refractivity contribution in [2.75, 3.05) is 33.4 Å². The molecule has 3 atom stereocenters. The first-order chi connectivity index (χ1) is 13.1. The number of piperidine rings is 1. The summed E-state index contributed by atoms with van der Waals surface area (Å²) in [6.45, 7) is 3.95. The van der Waals surface area contributed by atoms with Crippen molar-refractivity contribution in [3.63, 3.8) is 0 Å². The lowest BCUT2D eigenvalue weighted by atomic mass is 9.62. The maximum absolute atomic E-state index is 11.6. The van der Waals surface area contributed by atoms with Crippen LogP contribution in [0.1, 0.15) is 54.6 Å². The predicted molar refractivity (Wildman–Crippen MR) is 110 cm³/mol. The van der Waals surface area contributed by atoms with Gasteiger partial charge in [0.2, 0.25) is 0 Å². The number of amides is 1. The topological polar surface area (TPSA) is 77.7 Å². The van der Waals surface area contributed by atoms with Crippen LogP contribution in [0.2, 0.25) is 0 Å². The minimum atomic E-state index is -0.486. The van der Waals surface area contributed by atoms with Crippen molar-refractivity contribution in [2.45, 2.75) is 50.2 Å². The van der Waals surface area contributed by atoms with Gasteiger partial charge in [0.15, 0.2) is 0 Å². The molecule has 1 aromatic heterocycles. The quantitative estimate of drug-likeness (QED) is 0.809. The standard InChI is InChI=1S/C21H31N3O3.ClH/c1-26-21(15-8-9-23-19(11-15)20(22)25)16-5-4-6-17(21)13-24(12-16)14-18-7-2-3-10-27-18;/h8-9,11,16-18H,2-7,10,12-14H2,1H3,(H2,22,25);1H/t16?,17?,18-,21?;/m1./s1. The molecular weight excluding hydrogens is 378 g/mol. The SMILES string of the molecule is COC1(c2ccnc(C(N)=O)c2)C2CCCC1CN(C[C@H]1CCCCO1)C2.Cl. The van der Waals surface area contributed by atoms with E-state index in [1.165, 1.54) is 25.7 Å². The number of methoxy groups -OCH3 is 1. The van der Waals surface area contributed by atoms with Crippen molar-refractivity contribution in [3.8, 4) is 0 Å². The largest absolute Gasteiger partial charge is 0.377 e. The Labute approximate surface area is 173 Å². The van der Waals surface area contributed by atoms with Gasteiger partial charge in [0.05, 0.1) is 6.10 Å². The lowest BCUT2D eigenvalue weighted by molar-refractivity contribution is -0.173. The minimum Gasteiger partial charge on any atom is -0.377 e. The van der Waals surface area contributed by atoms with Crippen LogP contribution < -0.4 is 5.73 Å². The van der Waals surface area contributed by atoms with E-state index in [0.29, 0.717) is 23.6 Å². The number of ether oxygens (including phenoxy) is 2. The average molecular weight is 410 g/mol. The summed E-state index contributed by atoms with van der Waals surface area (Å²) < 4.78 is 12.2. The molecule has 156 valence electrons. The third-order valence-electron chi connectivity index (χ3n) is 6.81. The Morgan fingerprint density at radius 1 is 1.29 bits per heavy atom. The van der Waals surface area contributed by atoms with E-state index in [1.807, 2.05) is 19.2 Å². The van der Waals surface area contributed by atoms with Gasteiger partial charge in [-0.05, 0) is 49.8 Å². The first-order valence-corrected chi connectivity index (χ1v) is 10.3. The molecule has 2 saturated heterocycles. The molecule has 1 aliphatic carbocycles. The summed E-state index contributed by atoms with van der Waals surface area (Å²) in [7, 11) is 1.82. The van der Waals surface area contributed by atoms with Crippen LogP contribution in [0, 0.1) is 11.8 Å². The molecule has 1 aromatic rings. The van der Waals surface area contributed by atoms with E-state index in [-0.39, 0.29) is 18.0 Å². The molecule has 2 bridgehead atoms. The third kappa shape index (κ3) is 3.92. The molecule has 4 rings (SSSR count). The normalized spacial score (nSPS) is 33.1. The molecule has 3 aliphatic rings. The second-order valence-electron chi connectivity index (χ2n) is 8.32. The number of halogens is 1. The summed E-state index contributed by atoms with van der Waals surface area (Å²) in [5.74, 6) is 0.323. The molecule has 0 spiro atoms. The number of carbonyl (C=O) groups excluding carboxylic acids is 1. The molecule has 3 heterocycles. The van der Waals surface area contributed by atoms with Crippen molar-refractivity contribution in [1.29, 1.82) is 0 Å². The van der Waals surface area contributed by atoms with Crippen LogP contribution in [0.5, 0.6) is 0 Å². The van der Waals surface area contributed by atoms with Crippen LogP contribution in [0.3, 0.4) is 0 Å². The van der Waals surface area contributed by atoms with Crippen molar-refractivity contribution >= 4 is 18.3 Å². The summed E-state index contributed by atoms with van der Waals surface area (Å²) in [4.78, 5) is 18.4. The van der Waals surface area contributed by atoms with E-state index in [4.69, 9.17) is 15.2 Å². The van der Waals surface area contributed by atoms with Crippen LogP contribution in [-0.2, 0) is 15.1 Å². The van der Waals surface area contributed by atoms with E-state index in [0.717, 1.165) is 44.6 Å². The van der Waals surface area contributed by atoms with Gasteiger partial charge in [-0.25, -0.2) is 0 Å². The highest BCUT2D eigenvalue weighted by Crippen LogP contribution is 2.51. The van der Waals surface area contributed by atoms with Crippen molar-refractivity contribution in [2.24, 2.45) is 17.6 Å². The van der Waals surface area contributed by atoms with E-state index < -0.39 is 5.91 Å². The van der Waals surface area contributed by atoms with Crippen molar-refractivity contribution < 1.29 is 14.3 Å². The fourth-order valence-electron chi connectivity index (χ4n) is 5.64. The summed E-state index contributed by atoms with van der Waals surface area (Å²) in [6.07, 6.45) is 9.22. The Morgan fingerprint density at radius 2 is 2.04 bits per heavy atom. The maximum Gasteiger partial charge on any atom is 0.267 e. The summed E-state index contributed by atoms with van der Waals surface area (Å²) in [6, 6.07) is 3.85. The Balaban J connectivity index is 0.00000225. The Bertz CT molecular complexity index is 667. The molecule has 2 unspecified atom stereocenters. The number of fused-ring (bicyclic) bond motifs is 2. The number of primary amides is 1. The number of hydrogen-bond donors (Lipinski definition) is 1. The molecule has 3 fully saturated rings. The highest BCUT2D eigenvalue weighted by Gasteiger charge is 2.53. The Hall–Kier alpha value is -1.21. The van der Waals surface area contributed by atoms with E-state index in [2.05, 4.69) is 9.88 Å². The molecule has 1 saturated carbocycles. The molecular formula is C21H32ClN3O3. The number of nitrogens with two attached hydrogens (primary N) is 1. The van der Waals surface area contributed by atoms with Gasteiger partial charge in [-0.3, -0.25) is 14.7 Å². The molecule has 0 radical (unpaired) electrons. The van der Waals surface area contributed by atoms with Crippen LogP contribution >= 0.6 is 12.4 Å². The molecule has 7 heteroatoms. The number of likely N-dealkylation sites (tertiary alicyclic amines) is 1. The monoisotopic (exact) mass is 409 g/mol. The van der Waals surface area contributed by atoms with E-state index in [9.17, 15) is 4.79 Å². The fraction of sp³-hybridized carbons (Fsp3) is 0.714. The molecule has 2 aliphatic heterocycles. The second kappa shape index (κ2) is 9.08. The second-order valence-corrected chi connectivity index (χ2v) is 8.32. The minimum absolute atomic E-state index is 0. The highest BCUT2D eigenvalue weighted by molar-refractivity contribution is 5.90. The predicted octanol–water partition coefficient (Wildman–Crippen LogP) is 2.75. The van der Waals surface area contributed by atoms with Gasteiger partial charge in [0, 0.05) is 51.4 Å². The highest BCUT2D eigenvalue weighted by atomic mass is 35.5. The lowest BCUT2D eigenvalue weighted by Crippen LogP contribution is -2.60. The zero-order valence-electron chi connectivity index (χ0n) is 16.6. The summed E-state index contributed by atoms with van der Waals surface area (Å²) in [5, 5.41) is 0. The zero-order valence-corrected chi connectivity index (χ0v) is 17.5. The molecule has 6 nitrogen and oxygen atoms in total. The number of carbonyl (C=O) groups is 1. The van der Waals surface area contributed by atoms with Crippen molar-refractivity contribution in [3.05, 3.63) is 29.6 Å². The van der Waals surface area contributed by atoms with Gasteiger partial charge in [0.25, 0.3) is 5.91 Å². The van der Waals surface area contributed by atoms with Gasteiger partial charge in [-0.2, -0.15) is 0 Å². The molecule has 1 amide bonds. The fourth-order valence-corrected chi connectivity index (χ4v) is 5.64. The smallest absolute Gasteiger partial charge is 0.267 e. The lowest BCUT2D eigenvalue weighted by Gasteiger charge is -2.55. The van der Waals surface area contributed by atoms with Gasteiger partial charge in [-0.15, -0.1) is 12.4 Å². The van der Waals surface area contributed by atoms with Gasteiger partial charge >= 0.3 is 0 Å². The maximum atomic E-state index is 11.6. The number of aromatic nitrogens is 1. The number of rotatable bonds is 5. The number of hydrogen-bond acceptors (Lipinski definition) is 5. The van der Waals surface area contributed by atoms with E-state index in [1.54, 1.807) is 6.20 Å².